The van der Waals surface area contributed by atoms with Gasteiger partial charge in [-0.15, -0.1) is 0 Å². The summed E-state index contributed by atoms with van der Waals surface area (Å²) >= 11 is 0. The van der Waals surface area contributed by atoms with Crippen molar-refractivity contribution in [1.29, 1.82) is 0 Å². The third-order valence-electron chi connectivity index (χ3n) is 5.36. The molecule has 0 radical (unpaired) electrons. The van der Waals surface area contributed by atoms with Gasteiger partial charge < -0.3 is 14.8 Å². The molecule has 0 spiro atoms. The molecule has 2 atom stereocenters. The van der Waals surface area contributed by atoms with E-state index in [0.29, 0.717) is 36.6 Å². The first kappa shape index (κ1) is 20.0. The maximum atomic E-state index is 13.9. The number of methoxy groups -OCH3 is 1. The molecular weight excluding hydrogens is 381 g/mol. The molecule has 0 aromatic heterocycles. The van der Waals surface area contributed by atoms with Gasteiger partial charge in [-0.1, -0.05) is 54.6 Å². The second-order valence-corrected chi connectivity index (χ2v) is 7.45. The SMILES string of the molecule is COc1cc(CNC(=O)C2CC2c2ccccc2F)ccc1OCc1ccccc1. The van der Waals surface area contributed by atoms with Gasteiger partial charge >= 0.3 is 0 Å². The zero-order valence-corrected chi connectivity index (χ0v) is 16.8. The Hall–Kier alpha value is -3.34. The van der Waals surface area contributed by atoms with Crippen LogP contribution in [-0.2, 0) is 17.9 Å². The van der Waals surface area contributed by atoms with E-state index in [4.69, 9.17) is 9.47 Å². The molecule has 154 valence electrons. The Kier molecular flexibility index (Phi) is 5.98. The highest BCUT2D eigenvalue weighted by molar-refractivity contribution is 5.82. The number of ether oxygens (including phenoxy) is 2. The lowest BCUT2D eigenvalue weighted by Gasteiger charge is -2.13. The van der Waals surface area contributed by atoms with Gasteiger partial charge in [-0.05, 0) is 47.2 Å². The molecular formula is C25H24FNO3. The minimum atomic E-state index is -0.242. The Morgan fingerprint density at radius 3 is 2.53 bits per heavy atom. The van der Waals surface area contributed by atoms with Crippen LogP contribution in [0.2, 0.25) is 0 Å². The normalized spacial score (nSPS) is 17.3. The van der Waals surface area contributed by atoms with E-state index in [9.17, 15) is 9.18 Å². The van der Waals surface area contributed by atoms with E-state index >= 15 is 0 Å². The van der Waals surface area contributed by atoms with E-state index in [0.717, 1.165) is 11.1 Å². The number of amides is 1. The Balaban J connectivity index is 1.32. The first-order valence-corrected chi connectivity index (χ1v) is 10.0. The predicted octanol–water partition coefficient (Wildman–Crippen LogP) is 4.83. The highest BCUT2D eigenvalue weighted by atomic mass is 19.1. The number of benzene rings is 3. The molecule has 1 aliphatic carbocycles. The minimum absolute atomic E-state index is 0.0329. The van der Waals surface area contributed by atoms with Crippen LogP contribution in [0.1, 0.15) is 29.0 Å². The number of hydrogen-bond acceptors (Lipinski definition) is 3. The van der Waals surface area contributed by atoms with Crippen LogP contribution in [0.15, 0.2) is 72.8 Å². The van der Waals surface area contributed by atoms with Crippen molar-refractivity contribution in [2.24, 2.45) is 5.92 Å². The number of nitrogens with one attached hydrogen (secondary N) is 1. The number of hydrogen-bond donors (Lipinski definition) is 1. The summed E-state index contributed by atoms with van der Waals surface area (Å²) in [7, 11) is 1.59. The molecule has 0 aliphatic heterocycles. The van der Waals surface area contributed by atoms with E-state index in [-0.39, 0.29) is 23.6 Å². The van der Waals surface area contributed by atoms with E-state index in [1.54, 1.807) is 25.3 Å². The Labute approximate surface area is 175 Å². The summed E-state index contributed by atoms with van der Waals surface area (Å²) in [5.74, 6) is 0.776. The van der Waals surface area contributed by atoms with Crippen LogP contribution in [0.4, 0.5) is 4.39 Å². The maximum absolute atomic E-state index is 13.9. The molecule has 1 fully saturated rings. The molecule has 1 saturated carbocycles. The highest BCUT2D eigenvalue weighted by Gasteiger charge is 2.44. The third kappa shape index (κ3) is 4.62. The first-order chi connectivity index (χ1) is 14.7. The minimum Gasteiger partial charge on any atom is -0.493 e. The Morgan fingerprint density at radius 1 is 1.00 bits per heavy atom. The zero-order valence-electron chi connectivity index (χ0n) is 16.8. The van der Waals surface area contributed by atoms with Crippen LogP contribution in [0, 0.1) is 11.7 Å². The van der Waals surface area contributed by atoms with Gasteiger partial charge in [0.1, 0.15) is 12.4 Å². The fourth-order valence-electron chi connectivity index (χ4n) is 3.60. The van der Waals surface area contributed by atoms with Crippen molar-refractivity contribution >= 4 is 5.91 Å². The molecule has 5 heteroatoms. The fraction of sp³-hybridized carbons (Fsp3) is 0.240. The lowest BCUT2D eigenvalue weighted by atomic mass is 10.1. The van der Waals surface area contributed by atoms with E-state index in [1.807, 2.05) is 48.5 Å². The monoisotopic (exact) mass is 405 g/mol. The summed E-state index contributed by atoms with van der Waals surface area (Å²) in [6.45, 7) is 0.834. The fourth-order valence-corrected chi connectivity index (χ4v) is 3.60. The van der Waals surface area contributed by atoms with Gasteiger partial charge in [0.05, 0.1) is 7.11 Å². The number of carbonyl (C=O) groups is 1. The van der Waals surface area contributed by atoms with Crippen LogP contribution >= 0.6 is 0 Å². The smallest absolute Gasteiger partial charge is 0.224 e. The van der Waals surface area contributed by atoms with Crippen LogP contribution in [-0.4, -0.2) is 13.0 Å². The van der Waals surface area contributed by atoms with Crippen LogP contribution in [0.25, 0.3) is 0 Å². The van der Waals surface area contributed by atoms with Gasteiger partial charge in [-0.3, -0.25) is 4.79 Å². The molecule has 4 rings (SSSR count). The topological polar surface area (TPSA) is 47.6 Å². The van der Waals surface area contributed by atoms with Crippen molar-refractivity contribution in [2.45, 2.75) is 25.5 Å². The van der Waals surface area contributed by atoms with Gasteiger partial charge in [0.2, 0.25) is 5.91 Å². The second kappa shape index (κ2) is 8.99. The van der Waals surface area contributed by atoms with Crippen LogP contribution < -0.4 is 14.8 Å². The quantitative estimate of drug-likeness (QED) is 0.584. The average molecular weight is 405 g/mol. The van der Waals surface area contributed by atoms with E-state index in [2.05, 4.69) is 5.32 Å². The summed E-state index contributed by atoms with van der Waals surface area (Å²) in [6, 6.07) is 22.2. The van der Waals surface area contributed by atoms with Crippen molar-refractivity contribution in [3.8, 4) is 11.5 Å². The largest absolute Gasteiger partial charge is 0.493 e. The van der Waals surface area contributed by atoms with Gasteiger partial charge in [0.15, 0.2) is 11.5 Å². The number of rotatable bonds is 8. The molecule has 0 bridgehead atoms. The van der Waals surface area contributed by atoms with Crippen LogP contribution in [0.3, 0.4) is 0 Å². The molecule has 1 amide bonds. The molecule has 0 heterocycles. The van der Waals surface area contributed by atoms with Gasteiger partial charge in [-0.25, -0.2) is 4.39 Å². The van der Waals surface area contributed by atoms with Crippen molar-refractivity contribution in [3.63, 3.8) is 0 Å². The summed E-state index contributed by atoms with van der Waals surface area (Å²) in [4.78, 5) is 12.5. The Bertz CT molecular complexity index is 1020. The second-order valence-electron chi connectivity index (χ2n) is 7.45. The van der Waals surface area contributed by atoms with Gasteiger partial charge in [0, 0.05) is 12.5 Å². The molecule has 0 saturated heterocycles. The molecule has 30 heavy (non-hydrogen) atoms. The number of halogens is 1. The number of carbonyl (C=O) groups excluding carboxylic acids is 1. The van der Waals surface area contributed by atoms with Crippen molar-refractivity contribution in [3.05, 3.63) is 95.3 Å². The van der Waals surface area contributed by atoms with E-state index < -0.39 is 0 Å². The van der Waals surface area contributed by atoms with Crippen molar-refractivity contribution < 1.29 is 18.7 Å². The molecule has 4 nitrogen and oxygen atoms in total. The summed E-state index contributed by atoms with van der Waals surface area (Å²) < 4.78 is 25.2. The van der Waals surface area contributed by atoms with Crippen LogP contribution in [0.5, 0.6) is 11.5 Å². The highest BCUT2D eigenvalue weighted by Crippen LogP contribution is 2.48. The molecule has 1 N–H and O–H groups in total. The van der Waals surface area contributed by atoms with E-state index in [1.165, 1.54) is 6.07 Å². The molecule has 3 aromatic rings. The van der Waals surface area contributed by atoms with Gasteiger partial charge in [-0.2, -0.15) is 0 Å². The van der Waals surface area contributed by atoms with Gasteiger partial charge in [0.25, 0.3) is 0 Å². The van der Waals surface area contributed by atoms with Crippen molar-refractivity contribution in [2.75, 3.05) is 7.11 Å². The summed E-state index contributed by atoms with van der Waals surface area (Å²) in [6.07, 6.45) is 0.683. The maximum Gasteiger partial charge on any atom is 0.224 e. The molecule has 2 unspecified atom stereocenters. The zero-order chi connectivity index (χ0) is 20.9. The molecule has 3 aromatic carbocycles. The lowest BCUT2D eigenvalue weighted by Crippen LogP contribution is -2.25. The summed E-state index contributed by atoms with van der Waals surface area (Å²) in [5.41, 5.74) is 2.61. The summed E-state index contributed by atoms with van der Waals surface area (Å²) in [5, 5.41) is 2.95. The predicted molar refractivity (Wildman–Crippen MR) is 113 cm³/mol. The standard InChI is InChI=1S/C25H24FNO3/c1-29-24-13-18(11-12-23(24)30-16-17-7-3-2-4-8-17)15-27-25(28)21-14-20(21)19-9-5-6-10-22(19)26/h2-13,20-21H,14-16H2,1H3,(H,27,28). The molecule has 1 aliphatic rings. The third-order valence-corrected chi connectivity index (χ3v) is 5.36. The first-order valence-electron chi connectivity index (χ1n) is 10.0. The lowest BCUT2D eigenvalue weighted by molar-refractivity contribution is -0.122. The van der Waals surface area contributed by atoms with Crippen molar-refractivity contribution in [1.82, 2.24) is 5.32 Å². The average Bonchev–Trinajstić information content (AvgIpc) is 3.58. The Morgan fingerprint density at radius 2 is 1.77 bits per heavy atom.